The lowest BCUT2D eigenvalue weighted by Gasteiger charge is -2.11. The van der Waals surface area contributed by atoms with Gasteiger partial charge in [-0.05, 0) is 54.1 Å². The standard InChI is InChI=1S/C20H12Cl2FNO3/c21-13-2-5-18(27-19-6-3-14(23)11-16(19)22)15(10-13)17(25)4-1-12-7-8-24-20(26)9-12/h1-11H,(H,24,26)/b4-1-. The first kappa shape index (κ1) is 18.9. The Bertz CT molecular complexity index is 1090. The van der Waals surface area contributed by atoms with Gasteiger partial charge in [0.15, 0.2) is 5.78 Å². The first-order valence-electron chi connectivity index (χ1n) is 7.76. The van der Waals surface area contributed by atoms with Crippen molar-refractivity contribution in [1.29, 1.82) is 0 Å². The van der Waals surface area contributed by atoms with E-state index in [1.54, 1.807) is 12.1 Å². The van der Waals surface area contributed by atoms with Gasteiger partial charge in [0.25, 0.3) is 0 Å². The Morgan fingerprint density at radius 1 is 1.04 bits per heavy atom. The molecule has 0 amide bonds. The number of H-pyrrole nitrogens is 1. The fraction of sp³-hybridized carbons (Fsp3) is 0. The number of carbonyl (C=O) groups excluding carboxylic acids is 1. The third-order valence-corrected chi connectivity index (χ3v) is 4.08. The third kappa shape index (κ3) is 4.84. The SMILES string of the molecule is O=C(/C=C\c1cc[nH]c(=O)c1)c1cc(Cl)ccc1Oc1ccc(F)cc1Cl. The number of halogens is 3. The van der Waals surface area contributed by atoms with Crippen LogP contribution in [0.5, 0.6) is 11.5 Å². The van der Waals surface area contributed by atoms with Crippen molar-refractivity contribution in [3.8, 4) is 11.5 Å². The molecule has 2 aromatic carbocycles. The maximum absolute atomic E-state index is 13.2. The van der Waals surface area contributed by atoms with Crippen molar-refractivity contribution >= 4 is 35.1 Å². The Labute approximate surface area is 163 Å². The van der Waals surface area contributed by atoms with Crippen LogP contribution in [0.4, 0.5) is 4.39 Å². The monoisotopic (exact) mass is 403 g/mol. The number of aromatic nitrogens is 1. The molecular weight excluding hydrogens is 392 g/mol. The fourth-order valence-electron chi connectivity index (χ4n) is 2.29. The summed E-state index contributed by atoms with van der Waals surface area (Å²) in [5, 5.41) is 0.419. The molecule has 0 saturated carbocycles. The molecular formula is C20H12Cl2FNO3. The summed E-state index contributed by atoms with van der Waals surface area (Å²) in [5.41, 5.74) is 0.490. The van der Waals surface area contributed by atoms with E-state index in [4.69, 9.17) is 27.9 Å². The highest BCUT2D eigenvalue weighted by atomic mass is 35.5. The molecule has 0 fully saturated rings. The van der Waals surface area contributed by atoms with E-state index >= 15 is 0 Å². The quantitative estimate of drug-likeness (QED) is 0.451. The van der Waals surface area contributed by atoms with Gasteiger partial charge < -0.3 is 9.72 Å². The van der Waals surface area contributed by atoms with Gasteiger partial charge in [0.1, 0.15) is 17.3 Å². The van der Waals surface area contributed by atoms with Crippen LogP contribution in [-0.2, 0) is 0 Å². The number of carbonyl (C=O) groups is 1. The number of ether oxygens (including phenoxy) is 1. The minimum atomic E-state index is -0.500. The van der Waals surface area contributed by atoms with Gasteiger partial charge in [-0.1, -0.05) is 29.3 Å². The Hall–Kier alpha value is -2.89. The molecule has 0 radical (unpaired) electrons. The molecule has 1 heterocycles. The Kier molecular flexibility index (Phi) is 5.74. The molecule has 0 aliphatic rings. The van der Waals surface area contributed by atoms with Gasteiger partial charge >= 0.3 is 0 Å². The van der Waals surface area contributed by atoms with Crippen LogP contribution in [0, 0.1) is 5.82 Å². The highest BCUT2D eigenvalue weighted by Gasteiger charge is 2.14. The number of aromatic amines is 1. The minimum absolute atomic E-state index is 0.0717. The van der Waals surface area contributed by atoms with Crippen LogP contribution in [0.25, 0.3) is 6.08 Å². The van der Waals surface area contributed by atoms with Gasteiger partial charge in [-0.3, -0.25) is 9.59 Å². The van der Waals surface area contributed by atoms with Crippen LogP contribution in [-0.4, -0.2) is 10.8 Å². The molecule has 136 valence electrons. The van der Waals surface area contributed by atoms with Crippen LogP contribution < -0.4 is 10.3 Å². The normalized spacial score (nSPS) is 10.9. The lowest BCUT2D eigenvalue weighted by atomic mass is 10.1. The smallest absolute Gasteiger partial charge is 0.248 e. The molecule has 0 unspecified atom stereocenters. The molecule has 0 bridgehead atoms. The summed E-state index contributed by atoms with van der Waals surface area (Å²) in [5.74, 6) is -0.465. The van der Waals surface area contributed by atoms with Crippen LogP contribution >= 0.6 is 23.2 Å². The van der Waals surface area contributed by atoms with E-state index in [2.05, 4.69) is 4.98 Å². The highest BCUT2D eigenvalue weighted by molar-refractivity contribution is 6.32. The number of pyridine rings is 1. The zero-order chi connectivity index (χ0) is 19.4. The summed E-state index contributed by atoms with van der Waals surface area (Å²) >= 11 is 12.0. The molecule has 0 saturated heterocycles. The number of rotatable bonds is 5. The van der Waals surface area contributed by atoms with Crippen LogP contribution in [0.1, 0.15) is 15.9 Å². The van der Waals surface area contributed by atoms with Crippen molar-refractivity contribution in [1.82, 2.24) is 4.98 Å². The van der Waals surface area contributed by atoms with Crippen molar-refractivity contribution < 1.29 is 13.9 Å². The minimum Gasteiger partial charge on any atom is -0.455 e. The van der Waals surface area contributed by atoms with Crippen molar-refractivity contribution in [2.75, 3.05) is 0 Å². The van der Waals surface area contributed by atoms with Gasteiger partial charge in [0, 0.05) is 17.3 Å². The van der Waals surface area contributed by atoms with Crippen LogP contribution in [0.2, 0.25) is 10.0 Å². The van der Waals surface area contributed by atoms with Crippen molar-refractivity contribution in [3.63, 3.8) is 0 Å². The second-order valence-corrected chi connectivity index (χ2v) is 6.34. The molecule has 1 N–H and O–H groups in total. The molecule has 4 nitrogen and oxygen atoms in total. The van der Waals surface area contributed by atoms with Gasteiger partial charge in [0.05, 0.1) is 10.6 Å². The molecule has 7 heteroatoms. The molecule has 0 atom stereocenters. The lowest BCUT2D eigenvalue weighted by molar-refractivity contribution is 0.104. The Morgan fingerprint density at radius 3 is 2.56 bits per heavy atom. The highest BCUT2D eigenvalue weighted by Crippen LogP contribution is 2.33. The van der Waals surface area contributed by atoms with Crippen LogP contribution in [0.15, 0.2) is 65.6 Å². The molecule has 1 aromatic heterocycles. The average molecular weight is 404 g/mol. The van der Waals surface area contributed by atoms with E-state index in [0.29, 0.717) is 10.6 Å². The van der Waals surface area contributed by atoms with Crippen LogP contribution in [0.3, 0.4) is 0 Å². The maximum Gasteiger partial charge on any atom is 0.248 e. The summed E-state index contributed by atoms with van der Waals surface area (Å²) < 4.78 is 18.9. The molecule has 0 aliphatic heterocycles. The number of hydrogen-bond donors (Lipinski definition) is 1. The van der Waals surface area contributed by atoms with E-state index in [1.807, 2.05) is 0 Å². The van der Waals surface area contributed by atoms with E-state index in [9.17, 15) is 14.0 Å². The molecule has 27 heavy (non-hydrogen) atoms. The van der Waals surface area contributed by atoms with E-state index < -0.39 is 5.82 Å². The maximum atomic E-state index is 13.2. The summed E-state index contributed by atoms with van der Waals surface area (Å²) in [6.45, 7) is 0. The number of nitrogens with one attached hydrogen (secondary N) is 1. The summed E-state index contributed by atoms with van der Waals surface area (Å²) in [4.78, 5) is 26.4. The van der Waals surface area contributed by atoms with E-state index in [-0.39, 0.29) is 33.4 Å². The predicted octanol–water partition coefficient (Wildman–Crippen LogP) is 5.51. The molecule has 3 aromatic rings. The van der Waals surface area contributed by atoms with Gasteiger partial charge in [-0.25, -0.2) is 4.39 Å². The molecule has 0 spiro atoms. The molecule has 3 rings (SSSR count). The Balaban J connectivity index is 1.91. The van der Waals surface area contributed by atoms with Gasteiger partial charge in [-0.15, -0.1) is 0 Å². The second kappa shape index (κ2) is 8.20. The van der Waals surface area contributed by atoms with Crippen molar-refractivity contribution in [3.05, 3.63) is 98.1 Å². The first-order valence-corrected chi connectivity index (χ1v) is 8.51. The summed E-state index contributed by atoms with van der Waals surface area (Å²) in [6.07, 6.45) is 4.30. The zero-order valence-electron chi connectivity index (χ0n) is 13.7. The fourth-order valence-corrected chi connectivity index (χ4v) is 2.66. The predicted molar refractivity (Wildman–Crippen MR) is 103 cm³/mol. The average Bonchev–Trinajstić information content (AvgIpc) is 2.63. The lowest BCUT2D eigenvalue weighted by Crippen LogP contribution is -2.02. The van der Waals surface area contributed by atoms with E-state index in [1.165, 1.54) is 48.7 Å². The topological polar surface area (TPSA) is 59.2 Å². The second-order valence-electron chi connectivity index (χ2n) is 5.50. The summed E-state index contributed by atoms with van der Waals surface area (Å²) in [7, 11) is 0. The number of benzene rings is 2. The van der Waals surface area contributed by atoms with Crippen molar-refractivity contribution in [2.45, 2.75) is 0 Å². The third-order valence-electron chi connectivity index (χ3n) is 3.55. The Morgan fingerprint density at radius 2 is 1.81 bits per heavy atom. The molecule has 0 aliphatic carbocycles. The number of hydrogen-bond acceptors (Lipinski definition) is 3. The van der Waals surface area contributed by atoms with Gasteiger partial charge in [-0.2, -0.15) is 0 Å². The largest absolute Gasteiger partial charge is 0.455 e. The van der Waals surface area contributed by atoms with E-state index in [0.717, 1.165) is 6.07 Å². The summed E-state index contributed by atoms with van der Waals surface area (Å²) in [6, 6.07) is 11.2. The van der Waals surface area contributed by atoms with Crippen molar-refractivity contribution in [2.24, 2.45) is 0 Å². The number of allylic oxidation sites excluding steroid dienone is 1. The van der Waals surface area contributed by atoms with Gasteiger partial charge in [0.2, 0.25) is 5.56 Å². The first-order chi connectivity index (χ1) is 12.9. The number of ketones is 1. The zero-order valence-corrected chi connectivity index (χ0v) is 15.2.